The first-order chi connectivity index (χ1) is 4.70. The minimum atomic E-state index is -0.100. The second-order valence-corrected chi connectivity index (χ2v) is 4.00. The highest BCUT2D eigenvalue weighted by atomic mass is 32.2. The third-order valence-corrected chi connectivity index (χ3v) is 2.48. The molecule has 0 radical (unpaired) electrons. The summed E-state index contributed by atoms with van der Waals surface area (Å²) in [7, 11) is 0. The lowest BCUT2D eigenvalue weighted by Gasteiger charge is -2.31. The van der Waals surface area contributed by atoms with Crippen LogP contribution in [0, 0.1) is 0 Å². The van der Waals surface area contributed by atoms with Crippen LogP contribution in [0.15, 0.2) is 0 Å². The van der Waals surface area contributed by atoms with Crippen LogP contribution in [0.5, 0.6) is 0 Å². The number of hydrogen-bond acceptors (Lipinski definition) is 4. The maximum Gasteiger partial charge on any atom is 0.0969 e. The summed E-state index contributed by atoms with van der Waals surface area (Å²) in [5, 5.41) is 9.13. The number of aliphatic hydroxyl groups excluding tert-OH is 1. The summed E-state index contributed by atoms with van der Waals surface area (Å²) in [6, 6.07) is 0. The summed E-state index contributed by atoms with van der Waals surface area (Å²) in [6.07, 6.45) is 1.62. The van der Waals surface area contributed by atoms with Gasteiger partial charge in [0.25, 0.3) is 0 Å². The molecule has 2 nitrogen and oxygen atoms in total. The topological polar surface area (TPSA) is 23.5 Å². The van der Waals surface area contributed by atoms with E-state index in [0.717, 1.165) is 25.9 Å². The van der Waals surface area contributed by atoms with Crippen molar-refractivity contribution in [1.29, 1.82) is 0 Å². The maximum absolute atomic E-state index is 9.13. The van der Waals surface area contributed by atoms with E-state index >= 15 is 0 Å². The van der Waals surface area contributed by atoms with Crippen LogP contribution in [-0.2, 0) is 0 Å². The van der Waals surface area contributed by atoms with Crippen molar-refractivity contribution in [3.63, 3.8) is 0 Å². The van der Waals surface area contributed by atoms with Crippen LogP contribution in [-0.4, -0.2) is 33.9 Å². The Balaban J connectivity index is 2.26. The molecule has 0 bridgehead atoms. The van der Waals surface area contributed by atoms with Gasteiger partial charge in [0, 0.05) is 13.1 Å². The third kappa shape index (κ3) is 2.34. The van der Waals surface area contributed by atoms with Crippen molar-refractivity contribution in [2.24, 2.45) is 0 Å². The minimum Gasteiger partial charge on any atom is -0.393 e. The van der Waals surface area contributed by atoms with Gasteiger partial charge in [-0.15, -0.1) is 25.3 Å². The SMILES string of the molecule is OC1CCN(C(S)S)CC1. The first-order valence-corrected chi connectivity index (χ1v) is 4.51. The Hall–Kier alpha value is 0.620. The van der Waals surface area contributed by atoms with Crippen molar-refractivity contribution in [3.8, 4) is 0 Å². The van der Waals surface area contributed by atoms with Crippen LogP contribution in [0.3, 0.4) is 0 Å². The standard InChI is InChI=1S/C6H13NOS2/c8-5-1-3-7(4-2-5)6(9)10/h5-6,8-10H,1-4H2. The van der Waals surface area contributed by atoms with E-state index in [1.165, 1.54) is 0 Å². The highest BCUT2D eigenvalue weighted by Crippen LogP contribution is 2.16. The summed E-state index contributed by atoms with van der Waals surface area (Å²) in [4.78, 5) is 2.14. The molecule has 0 aromatic heterocycles. The molecule has 10 heavy (non-hydrogen) atoms. The molecular weight excluding hydrogens is 166 g/mol. The molecule has 1 fully saturated rings. The van der Waals surface area contributed by atoms with Crippen LogP contribution in [0.4, 0.5) is 0 Å². The zero-order valence-electron chi connectivity index (χ0n) is 5.77. The molecule has 0 aromatic carbocycles. The summed E-state index contributed by atoms with van der Waals surface area (Å²) < 4.78 is 0.0347. The van der Waals surface area contributed by atoms with E-state index in [0.29, 0.717) is 0 Å². The van der Waals surface area contributed by atoms with Crippen LogP contribution >= 0.6 is 25.3 Å². The van der Waals surface area contributed by atoms with Crippen molar-refractivity contribution in [3.05, 3.63) is 0 Å². The van der Waals surface area contributed by atoms with Crippen LogP contribution in [0.2, 0.25) is 0 Å². The fraction of sp³-hybridized carbons (Fsp3) is 1.00. The second kappa shape index (κ2) is 3.85. The molecule has 1 saturated heterocycles. The number of hydrogen-bond donors (Lipinski definition) is 3. The van der Waals surface area contributed by atoms with E-state index in [-0.39, 0.29) is 10.8 Å². The largest absolute Gasteiger partial charge is 0.393 e. The number of likely N-dealkylation sites (tertiary alicyclic amines) is 1. The molecule has 0 unspecified atom stereocenters. The molecule has 60 valence electrons. The molecule has 0 saturated carbocycles. The first-order valence-electron chi connectivity index (χ1n) is 3.48. The van der Waals surface area contributed by atoms with Crippen LogP contribution in [0.1, 0.15) is 12.8 Å². The number of thiol groups is 2. The highest BCUT2D eigenvalue weighted by molar-refractivity contribution is 7.99. The number of nitrogens with zero attached hydrogens (tertiary/aromatic N) is 1. The molecule has 1 aliphatic rings. The molecule has 1 aliphatic heterocycles. The summed E-state index contributed by atoms with van der Waals surface area (Å²) >= 11 is 8.36. The van der Waals surface area contributed by atoms with Gasteiger partial charge in [0.15, 0.2) is 0 Å². The molecule has 1 N–H and O–H groups in total. The van der Waals surface area contributed by atoms with Gasteiger partial charge in [-0.1, -0.05) is 0 Å². The molecule has 0 aromatic rings. The molecular formula is C6H13NOS2. The van der Waals surface area contributed by atoms with Gasteiger partial charge in [0.1, 0.15) is 0 Å². The second-order valence-electron chi connectivity index (χ2n) is 2.61. The molecule has 4 heteroatoms. The van der Waals surface area contributed by atoms with E-state index in [2.05, 4.69) is 30.2 Å². The zero-order chi connectivity index (χ0) is 7.56. The van der Waals surface area contributed by atoms with E-state index in [1.54, 1.807) is 0 Å². The van der Waals surface area contributed by atoms with Gasteiger partial charge in [0.05, 0.1) is 10.8 Å². The predicted octanol–water partition coefficient (Wildman–Crippen LogP) is 0.586. The Morgan fingerprint density at radius 3 is 2.20 bits per heavy atom. The van der Waals surface area contributed by atoms with E-state index < -0.39 is 0 Å². The Morgan fingerprint density at radius 2 is 1.80 bits per heavy atom. The van der Waals surface area contributed by atoms with Crippen molar-refractivity contribution in [2.45, 2.75) is 23.7 Å². The lowest BCUT2D eigenvalue weighted by atomic mass is 10.1. The molecule has 0 atom stereocenters. The molecule has 1 rings (SSSR count). The van der Waals surface area contributed by atoms with E-state index in [1.807, 2.05) is 0 Å². The fourth-order valence-electron chi connectivity index (χ4n) is 1.12. The smallest absolute Gasteiger partial charge is 0.0969 e. The van der Waals surface area contributed by atoms with Gasteiger partial charge in [-0.05, 0) is 12.8 Å². The summed E-state index contributed by atoms with van der Waals surface area (Å²) in [5.41, 5.74) is 0. The van der Waals surface area contributed by atoms with E-state index in [9.17, 15) is 0 Å². The summed E-state index contributed by atoms with van der Waals surface area (Å²) in [5.74, 6) is 0. The monoisotopic (exact) mass is 179 g/mol. The van der Waals surface area contributed by atoms with Crippen molar-refractivity contribution < 1.29 is 5.11 Å². The lowest BCUT2D eigenvalue weighted by Crippen LogP contribution is -2.38. The quantitative estimate of drug-likeness (QED) is 0.405. The predicted molar refractivity (Wildman–Crippen MR) is 48.6 cm³/mol. The number of aliphatic hydroxyl groups is 1. The van der Waals surface area contributed by atoms with Crippen molar-refractivity contribution in [1.82, 2.24) is 4.90 Å². The summed E-state index contributed by atoms with van der Waals surface area (Å²) in [6.45, 7) is 1.83. The normalized spacial score (nSPS) is 24.0. The maximum atomic E-state index is 9.13. The number of rotatable bonds is 1. The zero-order valence-corrected chi connectivity index (χ0v) is 7.56. The minimum absolute atomic E-state index is 0.0347. The van der Waals surface area contributed by atoms with Gasteiger partial charge >= 0.3 is 0 Å². The van der Waals surface area contributed by atoms with Gasteiger partial charge < -0.3 is 5.11 Å². The molecule has 0 aliphatic carbocycles. The molecule has 1 heterocycles. The van der Waals surface area contributed by atoms with Crippen LogP contribution < -0.4 is 0 Å². The third-order valence-electron chi connectivity index (χ3n) is 1.83. The Morgan fingerprint density at radius 1 is 1.30 bits per heavy atom. The average Bonchev–Trinajstić information content (AvgIpc) is 1.88. The Labute approximate surface area is 72.4 Å². The van der Waals surface area contributed by atoms with Gasteiger partial charge in [0.2, 0.25) is 0 Å². The van der Waals surface area contributed by atoms with Crippen molar-refractivity contribution >= 4 is 25.3 Å². The Kier molecular flexibility index (Phi) is 3.36. The fourth-order valence-corrected chi connectivity index (χ4v) is 1.58. The van der Waals surface area contributed by atoms with Gasteiger partial charge in [-0.3, -0.25) is 4.90 Å². The van der Waals surface area contributed by atoms with Gasteiger partial charge in [-0.25, -0.2) is 0 Å². The van der Waals surface area contributed by atoms with Crippen molar-refractivity contribution in [2.75, 3.05) is 13.1 Å². The van der Waals surface area contributed by atoms with Gasteiger partial charge in [-0.2, -0.15) is 0 Å². The molecule has 0 amide bonds. The number of piperidine rings is 1. The highest BCUT2D eigenvalue weighted by Gasteiger charge is 2.19. The first kappa shape index (κ1) is 8.71. The lowest BCUT2D eigenvalue weighted by molar-refractivity contribution is 0.0884. The molecule has 0 spiro atoms. The Bertz CT molecular complexity index is 102. The van der Waals surface area contributed by atoms with Crippen LogP contribution in [0.25, 0.3) is 0 Å². The average molecular weight is 179 g/mol. The van der Waals surface area contributed by atoms with E-state index in [4.69, 9.17) is 5.11 Å².